The number of para-hydroxylation sites is 1. The highest BCUT2D eigenvalue weighted by molar-refractivity contribution is 6.08. The molecule has 110 valence electrons. The van der Waals surface area contributed by atoms with Gasteiger partial charge in [-0.1, -0.05) is 24.3 Å². The molecule has 3 nitrogen and oxygen atoms in total. The highest BCUT2D eigenvalue weighted by atomic mass is 16.2. The molecule has 0 saturated carbocycles. The van der Waals surface area contributed by atoms with Gasteiger partial charge in [-0.3, -0.25) is 0 Å². The summed E-state index contributed by atoms with van der Waals surface area (Å²) in [4.78, 5) is 0. The quantitative estimate of drug-likeness (QED) is 0.751. The summed E-state index contributed by atoms with van der Waals surface area (Å²) in [6, 6.07) is 15.0. The first-order valence-electron chi connectivity index (χ1n) is 7.63. The first-order valence-corrected chi connectivity index (χ1v) is 7.63. The fourth-order valence-corrected chi connectivity index (χ4v) is 3.12. The molecule has 21 heavy (non-hydrogen) atoms. The third-order valence-electron chi connectivity index (χ3n) is 4.21. The van der Waals surface area contributed by atoms with E-state index in [1.807, 2.05) is 0 Å². The minimum absolute atomic E-state index is 0.00899. The highest BCUT2D eigenvalue weighted by Crippen LogP contribution is 2.31. The van der Waals surface area contributed by atoms with Gasteiger partial charge in [-0.25, -0.2) is 0 Å². The molecule has 0 spiro atoms. The van der Waals surface area contributed by atoms with E-state index < -0.39 is 0 Å². The van der Waals surface area contributed by atoms with Gasteiger partial charge < -0.3 is 15.4 Å². The van der Waals surface area contributed by atoms with Crippen LogP contribution in [0.3, 0.4) is 0 Å². The van der Waals surface area contributed by atoms with E-state index in [-0.39, 0.29) is 12.6 Å². The molecule has 1 heterocycles. The largest absolute Gasteiger partial charge is 0.396 e. The normalized spacial score (nSPS) is 13.1. The lowest BCUT2D eigenvalue weighted by Gasteiger charge is -2.11. The van der Waals surface area contributed by atoms with Crippen LogP contribution in [0.1, 0.15) is 31.4 Å². The zero-order valence-electron chi connectivity index (χ0n) is 12.4. The summed E-state index contributed by atoms with van der Waals surface area (Å²) in [6.45, 7) is 3.33. The second-order valence-electron chi connectivity index (χ2n) is 5.51. The molecule has 3 heteroatoms. The highest BCUT2D eigenvalue weighted by Gasteiger charge is 2.12. The molecule has 0 bridgehead atoms. The summed E-state index contributed by atoms with van der Waals surface area (Å²) < 4.78 is 2.34. The molecular formula is C18H22N2O. The summed E-state index contributed by atoms with van der Waals surface area (Å²) >= 11 is 0. The van der Waals surface area contributed by atoms with Gasteiger partial charge in [0.15, 0.2) is 0 Å². The topological polar surface area (TPSA) is 51.2 Å². The van der Waals surface area contributed by atoms with Crippen LogP contribution in [0.5, 0.6) is 0 Å². The van der Waals surface area contributed by atoms with E-state index in [1.165, 1.54) is 21.8 Å². The Bertz CT molecular complexity index is 760. The van der Waals surface area contributed by atoms with Crippen molar-refractivity contribution in [1.29, 1.82) is 0 Å². The molecule has 0 amide bonds. The van der Waals surface area contributed by atoms with Crippen LogP contribution >= 0.6 is 0 Å². The molecule has 1 atom stereocenters. The number of aliphatic hydroxyl groups is 1. The lowest BCUT2D eigenvalue weighted by Crippen LogP contribution is -2.10. The van der Waals surface area contributed by atoms with Gasteiger partial charge in [0.05, 0.1) is 0 Å². The van der Waals surface area contributed by atoms with Crippen LogP contribution in [0.2, 0.25) is 0 Å². The molecule has 3 rings (SSSR count). The van der Waals surface area contributed by atoms with Gasteiger partial charge in [-0.2, -0.15) is 0 Å². The number of nitrogens with zero attached hydrogens (tertiary/aromatic N) is 1. The van der Waals surface area contributed by atoms with Crippen LogP contribution in [0.4, 0.5) is 0 Å². The molecule has 0 aliphatic heterocycles. The number of fused-ring (bicyclic) bond motifs is 3. The van der Waals surface area contributed by atoms with Crippen LogP contribution in [0, 0.1) is 0 Å². The Morgan fingerprint density at radius 3 is 2.62 bits per heavy atom. The third-order valence-corrected chi connectivity index (χ3v) is 4.21. The summed E-state index contributed by atoms with van der Waals surface area (Å²) in [5.74, 6) is 0. The van der Waals surface area contributed by atoms with E-state index >= 15 is 0 Å². The predicted molar refractivity (Wildman–Crippen MR) is 88.4 cm³/mol. The van der Waals surface area contributed by atoms with Gasteiger partial charge in [0.25, 0.3) is 0 Å². The second kappa shape index (κ2) is 5.88. The van der Waals surface area contributed by atoms with Crippen LogP contribution in [-0.2, 0) is 6.54 Å². The first kappa shape index (κ1) is 14.1. The molecular weight excluding hydrogens is 260 g/mol. The smallest absolute Gasteiger partial charge is 0.0491 e. The minimum atomic E-state index is -0.00899. The van der Waals surface area contributed by atoms with Crippen molar-refractivity contribution in [2.24, 2.45) is 5.73 Å². The minimum Gasteiger partial charge on any atom is -0.396 e. The Labute approximate surface area is 125 Å². The van der Waals surface area contributed by atoms with Crippen molar-refractivity contribution >= 4 is 21.8 Å². The van der Waals surface area contributed by atoms with Crippen molar-refractivity contribution in [1.82, 2.24) is 4.57 Å². The van der Waals surface area contributed by atoms with E-state index in [4.69, 9.17) is 10.8 Å². The molecule has 0 saturated heterocycles. The molecule has 2 aromatic carbocycles. The zero-order chi connectivity index (χ0) is 14.8. The van der Waals surface area contributed by atoms with Crippen molar-refractivity contribution in [3.63, 3.8) is 0 Å². The van der Waals surface area contributed by atoms with E-state index in [1.54, 1.807) is 0 Å². The number of hydrogen-bond acceptors (Lipinski definition) is 2. The van der Waals surface area contributed by atoms with E-state index in [2.05, 4.69) is 54.0 Å². The van der Waals surface area contributed by atoms with Crippen molar-refractivity contribution in [2.45, 2.75) is 32.4 Å². The maximum atomic E-state index is 8.95. The average Bonchev–Trinajstić information content (AvgIpc) is 2.85. The maximum absolute atomic E-state index is 8.95. The van der Waals surface area contributed by atoms with Crippen LogP contribution in [0.15, 0.2) is 42.5 Å². The number of rotatable bonds is 5. The van der Waals surface area contributed by atoms with Gasteiger partial charge in [0.1, 0.15) is 0 Å². The van der Waals surface area contributed by atoms with Crippen molar-refractivity contribution in [3.8, 4) is 0 Å². The summed E-state index contributed by atoms with van der Waals surface area (Å²) in [5.41, 5.74) is 9.92. The summed E-state index contributed by atoms with van der Waals surface area (Å²) in [6.07, 6.45) is 1.56. The Morgan fingerprint density at radius 1 is 1.10 bits per heavy atom. The predicted octanol–water partition coefficient (Wildman–Crippen LogP) is 3.59. The van der Waals surface area contributed by atoms with E-state index in [0.717, 1.165) is 24.9 Å². The number of aliphatic hydroxyl groups excluding tert-OH is 1. The number of nitrogens with two attached hydrogens (primary N) is 1. The molecule has 3 N–H and O–H groups in total. The fourth-order valence-electron chi connectivity index (χ4n) is 3.12. The van der Waals surface area contributed by atoms with Crippen molar-refractivity contribution < 1.29 is 5.11 Å². The van der Waals surface area contributed by atoms with Gasteiger partial charge in [0.2, 0.25) is 0 Å². The third kappa shape index (κ3) is 2.43. The van der Waals surface area contributed by atoms with Gasteiger partial charge >= 0.3 is 0 Å². The molecule has 0 aliphatic carbocycles. The summed E-state index contributed by atoms with van der Waals surface area (Å²) in [5, 5.41) is 11.5. The Balaban J connectivity index is 2.15. The number of hydrogen-bond donors (Lipinski definition) is 2. The standard InChI is InChI=1S/C18H22N2O/c1-2-20-17-8-4-3-6-14(17)15-12-13(9-10-18(15)20)16(19)7-5-11-21/h3-4,6,8-10,12,16,21H,2,5,7,11,19H2,1H3/t16-/m0/s1. The Kier molecular flexibility index (Phi) is 3.95. The number of aryl methyl sites for hydroxylation is 1. The Morgan fingerprint density at radius 2 is 1.86 bits per heavy atom. The molecule has 3 aromatic rings. The number of aromatic nitrogens is 1. The van der Waals surface area contributed by atoms with Crippen LogP contribution in [-0.4, -0.2) is 16.3 Å². The van der Waals surface area contributed by atoms with Gasteiger partial charge in [-0.15, -0.1) is 0 Å². The summed E-state index contributed by atoms with van der Waals surface area (Å²) in [7, 11) is 0. The maximum Gasteiger partial charge on any atom is 0.0491 e. The first-order chi connectivity index (χ1) is 10.3. The zero-order valence-corrected chi connectivity index (χ0v) is 12.4. The lowest BCUT2D eigenvalue weighted by molar-refractivity contribution is 0.280. The van der Waals surface area contributed by atoms with E-state index in [0.29, 0.717) is 0 Å². The van der Waals surface area contributed by atoms with Gasteiger partial charge in [-0.05, 0) is 43.5 Å². The Hall–Kier alpha value is -1.84. The molecule has 0 unspecified atom stereocenters. The van der Waals surface area contributed by atoms with E-state index in [9.17, 15) is 0 Å². The number of benzene rings is 2. The second-order valence-corrected chi connectivity index (χ2v) is 5.51. The molecule has 0 radical (unpaired) electrons. The molecule has 1 aromatic heterocycles. The average molecular weight is 282 g/mol. The molecule has 0 fully saturated rings. The fraction of sp³-hybridized carbons (Fsp3) is 0.333. The van der Waals surface area contributed by atoms with Crippen molar-refractivity contribution in [3.05, 3.63) is 48.0 Å². The monoisotopic (exact) mass is 282 g/mol. The van der Waals surface area contributed by atoms with Crippen molar-refractivity contribution in [2.75, 3.05) is 6.61 Å². The lowest BCUT2D eigenvalue weighted by atomic mass is 10.0. The van der Waals surface area contributed by atoms with Crippen LogP contribution in [0.25, 0.3) is 21.8 Å². The van der Waals surface area contributed by atoms with Crippen LogP contribution < -0.4 is 5.73 Å². The molecule has 0 aliphatic rings. The van der Waals surface area contributed by atoms with Gasteiger partial charge in [0, 0.05) is 41.0 Å². The SMILES string of the molecule is CCn1c2ccccc2c2cc([C@@H](N)CCCO)ccc21.